The molecule has 39 heavy (non-hydrogen) atoms. The summed E-state index contributed by atoms with van der Waals surface area (Å²) in [5.74, 6) is -2.51. The van der Waals surface area contributed by atoms with E-state index in [4.69, 9.17) is 19.9 Å². The van der Waals surface area contributed by atoms with Crippen LogP contribution in [-0.4, -0.2) is 80.2 Å². The van der Waals surface area contributed by atoms with Gasteiger partial charge in [0.25, 0.3) is 0 Å². The molecular formula is C27H30N2O10. The maximum absolute atomic E-state index is 13.7. The lowest BCUT2D eigenvalue weighted by molar-refractivity contribution is -0.245. The molecule has 0 spiro atoms. The molecule has 2 aliphatic carbocycles. The summed E-state index contributed by atoms with van der Waals surface area (Å²) in [7, 11) is 1.34. The number of phenols is 2. The van der Waals surface area contributed by atoms with Crippen LogP contribution in [0.2, 0.25) is 0 Å². The molecule has 2 aromatic carbocycles. The Morgan fingerprint density at radius 2 is 1.85 bits per heavy atom. The predicted octanol–water partition coefficient (Wildman–Crippen LogP) is 1.29. The van der Waals surface area contributed by atoms with Crippen molar-refractivity contribution in [2.24, 2.45) is 10.9 Å². The highest BCUT2D eigenvalue weighted by atomic mass is 16.7. The highest BCUT2D eigenvalue weighted by Crippen LogP contribution is 2.52. The lowest BCUT2D eigenvalue weighted by Crippen LogP contribution is -2.52. The second-order valence-electron chi connectivity index (χ2n) is 10.3. The molecule has 1 heterocycles. The molecule has 3 aliphatic rings. The van der Waals surface area contributed by atoms with Gasteiger partial charge in [-0.15, -0.1) is 0 Å². The van der Waals surface area contributed by atoms with Crippen LogP contribution in [0, 0.1) is 0 Å². The van der Waals surface area contributed by atoms with Crippen LogP contribution in [0.1, 0.15) is 75.8 Å². The number of oxime groups is 1. The number of phenolic OH excluding ortho intramolecular Hbond substituents is 2. The van der Waals surface area contributed by atoms with Crippen molar-refractivity contribution in [3.63, 3.8) is 0 Å². The van der Waals surface area contributed by atoms with Crippen molar-refractivity contribution in [3.8, 4) is 17.2 Å². The van der Waals surface area contributed by atoms with E-state index < -0.39 is 70.4 Å². The van der Waals surface area contributed by atoms with Gasteiger partial charge in [-0.2, -0.15) is 0 Å². The number of aromatic hydroxyl groups is 2. The molecule has 1 aliphatic heterocycles. The molecule has 0 bridgehead atoms. The van der Waals surface area contributed by atoms with Crippen molar-refractivity contribution in [2.75, 3.05) is 7.11 Å². The number of carbonyl (C=O) groups excluding carboxylic acids is 2. The van der Waals surface area contributed by atoms with Gasteiger partial charge >= 0.3 is 0 Å². The zero-order valence-corrected chi connectivity index (χ0v) is 21.5. The first-order valence-corrected chi connectivity index (χ1v) is 12.5. The van der Waals surface area contributed by atoms with E-state index in [1.165, 1.54) is 32.2 Å². The Morgan fingerprint density at radius 1 is 1.15 bits per heavy atom. The van der Waals surface area contributed by atoms with Crippen molar-refractivity contribution in [1.82, 2.24) is 0 Å². The van der Waals surface area contributed by atoms with Crippen molar-refractivity contribution >= 4 is 17.3 Å². The summed E-state index contributed by atoms with van der Waals surface area (Å²) in [6, 6.07) is 3.77. The third-order valence-corrected chi connectivity index (χ3v) is 7.97. The molecule has 7 N–H and O–H groups in total. The topological polar surface area (TPSA) is 201 Å². The van der Waals surface area contributed by atoms with Gasteiger partial charge in [-0.05, 0) is 19.9 Å². The Bertz CT molecular complexity index is 1390. The zero-order chi connectivity index (χ0) is 28.4. The number of ether oxygens (including phenoxy) is 3. The van der Waals surface area contributed by atoms with E-state index in [9.17, 15) is 35.2 Å². The van der Waals surface area contributed by atoms with Crippen LogP contribution in [0.3, 0.4) is 0 Å². The molecule has 5 rings (SSSR count). The smallest absolute Gasteiger partial charge is 0.202 e. The van der Waals surface area contributed by atoms with Crippen molar-refractivity contribution in [3.05, 3.63) is 51.6 Å². The van der Waals surface area contributed by atoms with E-state index in [1.807, 2.05) is 0 Å². The van der Waals surface area contributed by atoms with Crippen LogP contribution < -0.4 is 10.5 Å². The third kappa shape index (κ3) is 4.07. The van der Waals surface area contributed by atoms with Gasteiger partial charge in [0.2, 0.25) is 5.78 Å². The molecule has 0 amide bonds. The van der Waals surface area contributed by atoms with Gasteiger partial charge in [-0.1, -0.05) is 17.3 Å². The maximum atomic E-state index is 13.7. The quantitative estimate of drug-likeness (QED) is 0.120. The second kappa shape index (κ2) is 9.57. The van der Waals surface area contributed by atoms with Crippen molar-refractivity contribution < 1.29 is 49.4 Å². The summed E-state index contributed by atoms with van der Waals surface area (Å²) < 4.78 is 17.2. The molecule has 0 aromatic heterocycles. The minimum absolute atomic E-state index is 0.00869. The van der Waals surface area contributed by atoms with E-state index in [0.717, 1.165) is 0 Å². The number of aliphatic hydroxyl groups excluding tert-OH is 1. The van der Waals surface area contributed by atoms with E-state index in [1.54, 1.807) is 6.92 Å². The Hall–Kier alpha value is -3.55. The largest absolute Gasteiger partial charge is 0.507 e. The Morgan fingerprint density at radius 3 is 2.49 bits per heavy atom. The fourth-order valence-corrected chi connectivity index (χ4v) is 5.76. The number of ketones is 2. The number of nitrogens with two attached hydrogens (primary N) is 1. The molecule has 12 nitrogen and oxygen atoms in total. The van der Waals surface area contributed by atoms with Gasteiger partial charge in [0.05, 0.1) is 47.8 Å². The Labute approximate surface area is 223 Å². The summed E-state index contributed by atoms with van der Waals surface area (Å²) in [6.45, 7) is 2.99. The van der Waals surface area contributed by atoms with E-state index in [2.05, 4.69) is 5.16 Å². The zero-order valence-electron chi connectivity index (χ0n) is 21.5. The number of hydrogen-bond acceptors (Lipinski definition) is 12. The minimum Gasteiger partial charge on any atom is -0.507 e. The summed E-state index contributed by atoms with van der Waals surface area (Å²) in [5, 5.41) is 57.1. The Kier molecular flexibility index (Phi) is 6.64. The summed E-state index contributed by atoms with van der Waals surface area (Å²) in [4.78, 5) is 27.2. The number of hydrogen-bond donors (Lipinski definition) is 6. The molecule has 6 atom stereocenters. The van der Waals surface area contributed by atoms with E-state index >= 15 is 0 Å². The average molecular weight is 543 g/mol. The number of aliphatic hydroxyl groups is 2. The van der Waals surface area contributed by atoms with E-state index in [-0.39, 0.29) is 53.0 Å². The molecule has 1 saturated heterocycles. The fourth-order valence-electron chi connectivity index (χ4n) is 5.76. The van der Waals surface area contributed by atoms with Crippen molar-refractivity contribution in [2.45, 2.75) is 69.4 Å². The third-order valence-electron chi connectivity index (χ3n) is 7.97. The van der Waals surface area contributed by atoms with Crippen LogP contribution in [0.15, 0.2) is 23.4 Å². The van der Waals surface area contributed by atoms with Crippen molar-refractivity contribution in [1.29, 1.82) is 0 Å². The number of fused-ring (bicyclic) bond motifs is 3. The Balaban J connectivity index is 1.69. The normalized spacial score (nSPS) is 30.4. The van der Waals surface area contributed by atoms with E-state index in [0.29, 0.717) is 0 Å². The molecular weight excluding hydrogens is 512 g/mol. The first-order valence-electron chi connectivity index (χ1n) is 12.5. The molecule has 1 fully saturated rings. The van der Waals surface area contributed by atoms with Crippen LogP contribution >= 0.6 is 0 Å². The average Bonchev–Trinajstić information content (AvgIpc) is 2.90. The van der Waals surface area contributed by atoms with Gasteiger partial charge in [0.1, 0.15) is 22.8 Å². The van der Waals surface area contributed by atoms with Gasteiger partial charge < -0.3 is 45.6 Å². The number of benzene rings is 2. The van der Waals surface area contributed by atoms with Gasteiger partial charge in [0, 0.05) is 42.0 Å². The first kappa shape index (κ1) is 27.0. The fraction of sp³-hybridized carbons (Fsp3) is 0.444. The SMILES string of the molecule is COc1cccc2c1C(=O)c1c(O)c3c(c(O)c1C2=O)C[C@@](O)(/C(C)=N\O)C[C@@H]3OC1C[C@H](N)[C@H](O)[C@H](C)O1. The first-order chi connectivity index (χ1) is 18.4. The van der Waals surface area contributed by atoms with Gasteiger partial charge in [-0.25, -0.2) is 0 Å². The monoisotopic (exact) mass is 542 g/mol. The number of methoxy groups -OCH3 is 1. The maximum Gasteiger partial charge on any atom is 0.202 e. The molecule has 0 saturated carbocycles. The summed E-state index contributed by atoms with van der Waals surface area (Å²) >= 11 is 0. The van der Waals surface area contributed by atoms with Gasteiger partial charge in [0.15, 0.2) is 12.1 Å². The number of carbonyl (C=O) groups is 2. The summed E-state index contributed by atoms with van der Waals surface area (Å²) in [6.07, 6.45) is -4.34. The second-order valence-corrected chi connectivity index (χ2v) is 10.3. The molecule has 208 valence electrons. The predicted molar refractivity (Wildman–Crippen MR) is 135 cm³/mol. The lowest BCUT2D eigenvalue weighted by atomic mass is 9.72. The molecule has 1 unspecified atom stereocenters. The standard InChI is InChI=1S/C27H30N2O10/c1-10-22(30)14(28)7-17(38-10)39-16-9-27(35,11(2)29-36)8-13-19(16)26(34)21-20(24(13)32)23(31)12-5-4-6-15(37-3)18(12)25(21)33/h4-6,10,14,16-17,22,30,32,34-36H,7-9,28H2,1-3H3/b29-11-/t10-,14-,16-,17?,22+,27-/m0/s1. The lowest BCUT2D eigenvalue weighted by Gasteiger charge is -2.42. The van der Waals surface area contributed by atoms with Crippen LogP contribution in [0.4, 0.5) is 0 Å². The molecule has 0 radical (unpaired) electrons. The number of nitrogens with zero attached hydrogens (tertiary/aromatic N) is 1. The highest BCUT2D eigenvalue weighted by molar-refractivity contribution is 6.31. The molecule has 2 aromatic rings. The van der Waals surface area contributed by atoms with Gasteiger partial charge in [-0.3, -0.25) is 9.59 Å². The van der Waals surface area contributed by atoms with Crippen LogP contribution in [0.5, 0.6) is 17.2 Å². The molecule has 12 heteroatoms. The number of rotatable bonds is 4. The minimum atomic E-state index is -1.85. The summed E-state index contributed by atoms with van der Waals surface area (Å²) in [5.41, 5.74) is 3.14. The van der Waals surface area contributed by atoms with Crippen LogP contribution in [-0.2, 0) is 15.9 Å². The highest BCUT2D eigenvalue weighted by Gasteiger charge is 2.49. The van der Waals surface area contributed by atoms with Crippen LogP contribution in [0.25, 0.3) is 0 Å².